The molecule has 0 radical (unpaired) electrons. The van der Waals surface area contributed by atoms with Crippen LogP contribution >= 0.6 is 0 Å². The zero-order chi connectivity index (χ0) is 14.7. The Hall–Kier alpha value is -2.76. The first kappa shape index (κ1) is 13.7. The van der Waals surface area contributed by atoms with E-state index in [1.54, 1.807) is 13.0 Å². The molecule has 0 heterocycles. The van der Waals surface area contributed by atoms with E-state index < -0.39 is 16.6 Å². The molecule has 6 heteroatoms. The first-order valence-corrected chi connectivity index (χ1v) is 5.80. The molecule has 1 amide bonds. The average molecular weight is 274 g/mol. The molecule has 0 bridgehead atoms. The Balaban J connectivity index is 2.23. The zero-order valence-electron chi connectivity index (χ0n) is 10.6. The number of nitro groups is 1. The van der Waals surface area contributed by atoms with Crippen LogP contribution in [-0.2, 0) is 0 Å². The summed E-state index contributed by atoms with van der Waals surface area (Å²) in [6.45, 7) is 1.57. The van der Waals surface area contributed by atoms with Gasteiger partial charge in [0.1, 0.15) is 5.82 Å². The number of nitrogens with zero attached hydrogens (tertiary/aromatic N) is 1. The molecule has 0 saturated carbocycles. The maximum absolute atomic E-state index is 13.4. The fourth-order valence-electron chi connectivity index (χ4n) is 1.78. The summed E-state index contributed by atoms with van der Waals surface area (Å²) in [5.74, 6) is -1.22. The summed E-state index contributed by atoms with van der Waals surface area (Å²) < 4.78 is 13.4. The Morgan fingerprint density at radius 1 is 1.25 bits per heavy atom. The van der Waals surface area contributed by atoms with E-state index in [4.69, 9.17) is 0 Å². The van der Waals surface area contributed by atoms with E-state index in [0.717, 1.165) is 0 Å². The SMILES string of the molecule is Cc1cc(NC(=O)c2ccccc2F)ccc1[N+](=O)[O-]. The largest absolute Gasteiger partial charge is 0.322 e. The average Bonchev–Trinajstić information content (AvgIpc) is 2.38. The lowest BCUT2D eigenvalue weighted by Crippen LogP contribution is -2.13. The Kier molecular flexibility index (Phi) is 3.74. The number of hydrogen-bond donors (Lipinski definition) is 1. The third-order valence-corrected chi connectivity index (χ3v) is 2.77. The van der Waals surface area contributed by atoms with Crippen molar-refractivity contribution < 1.29 is 14.1 Å². The lowest BCUT2D eigenvalue weighted by molar-refractivity contribution is -0.385. The highest BCUT2D eigenvalue weighted by Gasteiger charge is 2.14. The van der Waals surface area contributed by atoms with Gasteiger partial charge in [0.25, 0.3) is 11.6 Å². The van der Waals surface area contributed by atoms with E-state index in [1.807, 2.05) is 0 Å². The van der Waals surface area contributed by atoms with Crippen LogP contribution in [-0.4, -0.2) is 10.8 Å². The van der Waals surface area contributed by atoms with Gasteiger partial charge in [-0.3, -0.25) is 14.9 Å². The summed E-state index contributed by atoms with van der Waals surface area (Å²) in [6, 6.07) is 9.77. The van der Waals surface area contributed by atoms with Crippen molar-refractivity contribution in [3.8, 4) is 0 Å². The molecule has 0 unspecified atom stereocenters. The first-order valence-electron chi connectivity index (χ1n) is 5.80. The molecule has 2 aromatic carbocycles. The molecule has 2 rings (SSSR count). The number of halogens is 1. The molecule has 0 fully saturated rings. The minimum atomic E-state index is -0.622. The number of amides is 1. The Bertz CT molecular complexity index is 686. The number of anilines is 1. The number of carbonyl (C=O) groups is 1. The van der Waals surface area contributed by atoms with E-state index in [2.05, 4.69) is 5.32 Å². The van der Waals surface area contributed by atoms with E-state index in [9.17, 15) is 19.3 Å². The fourth-order valence-corrected chi connectivity index (χ4v) is 1.78. The van der Waals surface area contributed by atoms with Crippen molar-refractivity contribution in [3.05, 3.63) is 69.5 Å². The van der Waals surface area contributed by atoms with Crippen LogP contribution in [0.5, 0.6) is 0 Å². The van der Waals surface area contributed by atoms with Gasteiger partial charge >= 0.3 is 0 Å². The monoisotopic (exact) mass is 274 g/mol. The summed E-state index contributed by atoms with van der Waals surface area (Å²) >= 11 is 0. The minimum absolute atomic E-state index is 0.0334. The summed E-state index contributed by atoms with van der Waals surface area (Å²) in [6.07, 6.45) is 0. The van der Waals surface area contributed by atoms with Gasteiger partial charge in [-0.05, 0) is 31.2 Å². The van der Waals surface area contributed by atoms with Gasteiger partial charge in [-0.15, -0.1) is 0 Å². The molecular weight excluding hydrogens is 263 g/mol. The van der Waals surface area contributed by atoms with Crippen LogP contribution in [0.4, 0.5) is 15.8 Å². The number of aryl methyl sites for hydroxylation is 1. The van der Waals surface area contributed by atoms with Gasteiger partial charge < -0.3 is 5.32 Å². The van der Waals surface area contributed by atoms with E-state index in [1.165, 1.54) is 36.4 Å². The highest BCUT2D eigenvalue weighted by molar-refractivity contribution is 6.04. The van der Waals surface area contributed by atoms with Crippen molar-refractivity contribution in [3.63, 3.8) is 0 Å². The van der Waals surface area contributed by atoms with Crippen molar-refractivity contribution in [1.29, 1.82) is 0 Å². The normalized spacial score (nSPS) is 10.1. The summed E-state index contributed by atoms with van der Waals surface area (Å²) in [5, 5.41) is 13.2. The van der Waals surface area contributed by atoms with Crippen molar-refractivity contribution in [2.75, 3.05) is 5.32 Å². The van der Waals surface area contributed by atoms with Crippen molar-refractivity contribution in [2.45, 2.75) is 6.92 Å². The molecule has 1 N–H and O–H groups in total. The first-order chi connectivity index (χ1) is 9.49. The molecule has 2 aromatic rings. The predicted octanol–water partition coefficient (Wildman–Crippen LogP) is 3.29. The predicted molar refractivity (Wildman–Crippen MR) is 72.2 cm³/mol. The van der Waals surface area contributed by atoms with Crippen LogP contribution in [0.3, 0.4) is 0 Å². The molecule has 20 heavy (non-hydrogen) atoms. The Morgan fingerprint density at radius 2 is 1.95 bits per heavy atom. The molecule has 0 spiro atoms. The van der Waals surface area contributed by atoms with Crippen LogP contribution in [0.15, 0.2) is 42.5 Å². The number of benzene rings is 2. The fraction of sp³-hybridized carbons (Fsp3) is 0.0714. The van der Waals surface area contributed by atoms with Gasteiger partial charge in [0.15, 0.2) is 0 Å². The van der Waals surface area contributed by atoms with Crippen LogP contribution in [0.1, 0.15) is 15.9 Å². The zero-order valence-corrected chi connectivity index (χ0v) is 10.6. The number of carbonyl (C=O) groups excluding carboxylic acids is 1. The summed E-state index contributed by atoms with van der Waals surface area (Å²) in [5.41, 5.74) is 0.681. The molecular formula is C14H11FN2O3. The molecule has 0 aromatic heterocycles. The Morgan fingerprint density at radius 3 is 2.55 bits per heavy atom. The van der Waals surface area contributed by atoms with Crippen molar-refractivity contribution in [1.82, 2.24) is 0 Å². The lowest BCUT2D eigenvalue weighted by atomic mass is 10.1. The van der Waals surface area contributed by atoms with Gasteiger partial charge in [0, 0.05) is 17.3 Å². The van der Waals surface area contributed by atoms with Crippen LogP contribution in [0.25, 0.3) is 0 Å². The van der Waals surface area contributed by atoms with Gasteiger partial charge in [0.2, 0.25) is 0 Å². The third kappa shape index (κ3) is 2.80. The van der Waals surface area contributed by atoms with Gasteiger partial charge in [-0.1, -0.05) is 12.1 Å². The molecule has 0 aliphatic carbocycles. The number of nitrogens with one attached hydrogen (secondary N) is 1. The number of hydrogen-bond acceptors (Lipinski definition) is 3. The van der Waals surface area contributed by atoms with Crippen LogP contribution in [0, 0.1) is 22.9 Å². The second-order valence-corrected chi connectivity index (χ2v) is 4.19. The van der Waals surface area contributed by atoms with Crippen LogP contribution < -0.4 is 5.32 Å². The molecule has 0 saturated heterocycles. The maximum atomic E-state index is 13.4. The lowest BCUT2D eigenvalue weighted by Gasteiger charge is -2.07. The maximum Gasteiger partial charge on any atom is 0.272 e. The quantitative estimate of drug-likeness (QED) is 0.689. The molecule has 0 atom stereocenters. The highest BCUT2D eigenvalue weighted by atomic mass is 19.1. The van der Waals surface area contributed by atoms with Crippen molar-refractivity contribution in [2.24, 2.45) is 0 Å². The molecule has 0 aliphatic rings. The van der Waals surface area contributed by atoms with Gasteiger partial charge in [-0.25, -0.2) is 4.39 Å². The highest BCUT2D eigenvalue weighted by Crippen LogP contribution is 2.22. The molecule has 5 nitrogen and oxygen atoms in total. The summed E-state index contributed by atoms with van der Waals surface area (Å²) in [4.78, 5) is 22.1. The molecule has 102 valence electrons. The van der Waals surface area contributed by atoms with E-state index in [0.29, 0.717) is 11.3 Å². The minimum Gasteiger partial charge on any atom is -0.322 e. The number of rotatable bonds is 3. The Labute approximate surface area is 114 Å². The smallest absolute Gasteiger partial charge is 0.272 e. The van der Waals surface area contributed by atoms with Crippen LogP contribution in [0.2, 0.25) is 0 Å². The standard InChI is InChI=1S/C14H11FN2O3/c1-9-8-10(6-7-13(9)17(19)20)16-14(18)11-4-2-3-5-12(11)15/h2-8H,1H3,(H,16,18). The van der Waals surface area contributed by atoms with Crippen molar-refractivity contribution >= 4 is 17.3 Å². The van der Waals surface area contributed by atoms with E-state index in [-0.39, 0.29) is 11.3 Å². The third-order valence-electron chi connectivity index (χ3n) is 2.77. The van der Waals surface area contributed by atoms with Gasteiger partial charge in [0.05, 0.1) is 10.5 Å². The summed E-state index contributed by atoms with van der Waals surface area (Å²) in [7, 11) is 0. The topological polar surface area (TPSA) is 72.2 Å². The molecule has 0 aliphatic heterocycles. The van der Waals surface area contributed by atoms with E-state index >= 15 is 0 Å². The second-order valence-electron chi connectivity index (χ2n) is 4.19. The van der Waals surface area contributed by atoms with Gasteiger partial charge in [-0.2, -0.15) is 0 Å². The second kappa shape index (κ2) is 5.48. The number of nitro benzene ring substituents is 1.